The first-order valence-electron chi connectivity index (χ1n) is 20.4. The Balaban J connectivity index is 1.11. The van der Waals surface area contributed by atoms with Crippen LogP contribution in [0.1, 0.15) is 5.48 Å². The average molecular weight is 721 g/mol. The Morgan fingerprint density at radius 1 is 0.411 bits per heavy atom. The van der Waals surface area contributed by atoms with E-state index >= 15 is 0 Å². The molecule has 0 fully saturated rings. The molecule has 0 aliphatic carbocycles. The van der Waals surface area contributed by atoms with E-state index in [-0.39, 0.29) is 24.2 Å². The van der Waals surface area contributed by atoms with Gasteiger partial charge < -0.3 is 8.98 Å². The molecule has 0 atom stereocenters. The van der Waals surface area contributed by atoms with Gasteiger partial charge in [0.2, 0.25) is 0 Å². The van der Waals surface area contributed by atoms with Crippen molar-refractivity contribution in [1.29, 1.82) is 0 Å². The Labute approximate surface area is 328 Å². The highest BCUT2D eigenvalue weighted by molar-refractivity contribution is 6.11. The molecule has 11 rings (SSSR count). The molecule has 0 aliphatic heterocycles. The van der Waals surface area contributed by atoms with E-state index in [1.807, 2.05) is 132 Å². The molecule has 262 valence electrons. The fourth-order valence-electron chi connectivity index (χ4n) is 7.70. The lowest BCUT2D eigenvalue weighted by atomic mass is 9.99. The van der Waals surface area contributed by atoms with Gasteiger partial charge in [-0.05, 0) is 58.6 Å². The van der Waals surface area contributed by atoms with E-state index in [9.17, 15) is 1.37 Å². The van der Waals surface area contributed by atoms with Gasteiger partial charge in [0.25, 0.3) is 0 Å². The molecule has 0 radical (unpaired) electrons. The van der Waals surface area contributed by atoms with E-state index in [1.165, 1.54) is 0 Å². The lowest BCUT2D eigenvalue weighted by Gasteiger charge is -2.12. The predicted octanol–water partition coefficient (Wildman–Crippen LogP) is 13.2. The summed E-state index contributed by atoms with van der Waals surface area (Å²) in [5.74, 6) is 1.40. The van der Waals surface area contributed by atoms with Gasteiger partial charge in [0, 0.05) is 38.4 Å². The third kappa shape index (κ3) is 5.37. The first-order valence-corrected chi connectivity index (χ1v) is 18.4. The van der Waals surface area contributed by atoms with E-state index in [2.05, 4.69) is 42.5 Å². The summed E-state index contributed by atoms with van der Waals surface area (Å²) in [5.41, 5.74) is 9.78. The number of para-hydroxylation sites is 3. The first kappa shape index (κ1) is 27.9. The molecule has 56 heavy (non-hydrogen) atoms. The summed E-state index contributed by atoms with van der Waals surface area (Å²) in [6.45, 7) is 0. The maximum Gasteiger partial charge on any atom is 0.167 e. The molecule has 5 heteroatoms. The highest BCUT2D eigenvalue weighted by Crippen LogP contribution is 2.38. The minimum absolute atomic E-state index is 0.0831. The van der Waals surface area contributed by atoms with Crippen molar-refractivity contribution in [2.24, 2.45) is 0 Å². The molecule has 0 N–H and O–H groups in total. The van der Waals surface area contributed by atoms with Crippen molar-refractivity contribution >= 4 is 43.7 Å². The SMILES string of the molecule is [2H]c1c([2H])c([2H])c2c(c1[2H])c1ccc(-c3ccc(-c4ccccc4)cc3)cc1n2-c1cccc(-c2nc(-c3ccccc3)nc(-c3cccc4c3oc3ccccc34)n2)c1. The van der Waals surface area contributed by atoms with Gasteiger partial charge in [-0.1, -0.05) is 158 Å². The second-order valence-corrected chi connectivity index (χ2v) is 13.7. The van der Waals surface area contributed by atoms with E-state index in [1.54, 1.807) is 0 Å². The summed E-state index contributed by atoms with van der Waals surface area (Å²) >= 11 is 0. The molecule has 8 aromatic carbocycles. The highest BCUT2D eigenvalue weighted by Gasteiger charge is 2.19. The normalized spacial score (nSPS) is 12.6. The summed E-state index contributed by atoms with van der Waals surface area (Å²) in [5, 5.41) is 3.16. The maximum absolute atomic E-state index is 9.19. The number of hydrogen-bond acceptors (Lipinski definition) is 4. The lowest BCUT2D eigenvalue weighted by Crippen LogP contribution is -2.01. The number of aromatic nitrogens is 4. The van der Waals surface area contributed by atoms with Crippen molar-refractivity contribution in [1.82, 2.24) is 19.5 Å². The second-order valence-electron chi connectivity index (χ2n) is 13.7. The zero-order valence-electron chi connectivity index (χ0n) is 33.9. The van der Waals surface area contributed by atoms with Crippen LogP contribution in [-0.2, 0) is 0 Å². The van der Waals surface area contributed by atoms with Crippen LogP contribution in [0.3, 0.4) is 0 Å². The number of nitrogens with zero attached hydrogens (tertiary/aromatic N) is 4. The average Bonchev–Trinajstić information content (AvgIpc) is 3.87. The molecule has 0 amide bonds. The van der Waals surface area contributed by atoms with Crippen LogP contribution in [0.25, 0.3) is 106 Å². The zero-order chi connectivity index (χ0) is 40.5. The fraction of sp³-hybridized carbons (Fsp3) is 0. The van der Waals surface area contributed by atoms with E-state index < -0.39 is 0 Å². The molecule has 5 nitrogen and oxygen atoms in total. The number of benzene rings is 8. The second kappa shape index (κ2) is 13.0. The minimum Gasteiger partial charge on any atom is -0.455 e. The Kier molecular flexibility index (Phi) is 6.50. The third-order valence-corrected chi connectivity index (χ3v) is 10.4. The molecular weight excluding hydrogens is 685 g/mol. The summed E-state index contributed by atoms with van der Waals surface area (Å²) in [4.78, 5) is 15.1. The van der Waals surface area contributed by atoms with Crippen LogP contribution in [0.4, 0.5) is 0 Å². The zero-order valence-corrected chi connectivity index (χ0v) is 29.9. The quantitative estimate of drug-likeness (QED) is 0.172. The lowest BCUT2D eigenvalue weighted by molar-refractivity contribution is 0.669. The Morgan fingerprint density at radius 3 is 1.84 bits per heavy atom. The van der Waals surface area contributed by atoms with Crippen LogP contribution in [0.15, 0.2) is 198 Å². The number of fused-ring (bicyclic) bond motifs is 6. The van der Waals surface area contributed by atoms with Crippen LogP contribution in [-0.4, -0.2) is 19.5 Å². The molecule has 0 saturated heterocycles. The Morgan fingerprint density at radius 2 is 1.02 bits per heavy atom. The molecule has 0 aliphatic rings. The highest BCUT2D eigenvalue weighted by atomic mass is 16.3. The van der Waals surface area contributed by atoms with Gasteiger partial charge in [-0.3, -0.25) is 0 Å². The number of rotatable bonds is 6. The molecule has 3 aromatic heterocycles. The first-order chi connectivity index (χ1) is 29.4. The van der Waals surface area contributed by atoms with E-state index in [4.69, 9.17) is 23.5 Å². The van der Waals surface area contributed by atoms with Crippen LogP contribution >= 0.6 is 0 Å². The van der Waals surface area contributed by atoms with E-state index in [0.717, 1.165) is 60.6 Å². The van der Waals surface area contributed by atoms with Gasteiger partial charge in [0.1, 0.15) is 11.2 Å². The molecule has 0 saturated carbocycles. The standard InChI is InChI=1S/C51H32N4O/c1-3-13-33(14-4-1)34-25-27-35(28-26-34)37-29-30-41-40-19-7-9-23-45(40)55(46(41)32-37)39-18-11-17-38(31-39)50-52-49(36-15-5-2-6-16-36)53-51(54-50)44-22-12-21-43-42-20-8-10-24-47(42)56-48(43)44/h1-32H/i7D,9D,19D,23D. The van der Waals surface area contributed by atoms with Crippen LogP contribution in [0, 0.1) is 0 Å². The van der Waals surface area contributed by atoms with Crippen LogP contribution in [0.2, 0.25) is 0 Å². The Hall–Kier alpha value is -7.63. The molecule has 11 aromatic rings. The summed E-state index contributed by atoms with van der Waals surface area (Å²) < 4.78 is 43.9. The van der Waals surface area contributed by atoms with Gasteiger partial charge in [-0.15, -0.1) is 0 Å². The summed E-state index contributed by atoms with van der Waals surface area (Å²) in [6.07, 6.45) is 0. The van der Waals surface area contributed by atoms with Crippen molar-refractivity contribution in [3.8, 4) is 62.1 Å². The smallest absolute Gasteiger partial charge is 0.167 e. The summed E-state index contributed by atoms with van der Waals surface area (Å²) in [7, 11) is 0. The monoisotopic (exact) mass is 720 g/mol. The van der Waals surface area contributed by atoms with Gasteiger partial charge in [0.05, 0.1) is 22.1 Å². The Bertz CT molecular complexity index is 3470. The van der Waals surface area contributed by atoms with Crippen molar-refractivity contribution in [3.05, 3.63) is 194 Å². The maximum atomic E-state index is 9.19. The molecule has 0 bridgehead atoms. The van der Waals surface area contributed by atoms with Gasteiger partial charge in [0.15, 0.2) is 17.5 Å². The largest absolute Gasteiger partial charge is 0.455 e. The van der Waals surface area contributed by atoms with Gasteiger partial charge in [-0.25, -0.2) is 15.0 Å². The molecule has 3 heterocycles. The van der Waals surface area contributed by atoms with Crippen LogP contribution in [0.5, 0.6) is 0 Å². The molecule has 0 unspecified atom stereocenters. The van der Waals surface area contributed by atoms with Crippen molar-refractivity contribution in [3.63, 3.8) is 0 Å². The number of hydrogen-bond donors (Lipinski definition) is 0. The fourth-order valence-corrected chi connectivity index (χ4v) is 7.70. The van der Waals surface area contributed by atoms with E-state index in [0.29, 0.717) is 45.2 Å². The van der Waals surface area contributed by atoms with Crippen molar-refractivity contribution in [2.45, 2.75) is 0 Å². The molecular formula is C51H32N4O. The van der Waals surface area contributed by atoms with Gasteiger partial charge in [-0.2, -0.15) is 0 Å². The summed E-state index contributed by atoms with van der Waals surface area (Å²) in [6, 6.07) is 55.5. The third-order valence-electron chi connectivity index (χ3n) is 10.4. The van der Waals surface area contributed by atoms with Crippen molar-refractivity contribution < 1.29 is 9.90 Å². The van der Waals surface area contributed by atoms with Crippen molar-refractivity contribution in [2.75, 3.05) is 0 Å². The minimum atomic E-state index is -0.293. The van der Waals surface area contributed by atoms with Crippen LogP contribution < -0.4 is 0 Å². The molecule has 0 spiro atoms. The topological polar surface area (TPSA) is 56.7 Å². The predicted molar refractivity (Wildman–Crippen MR) is 229 cm³/mol. The van der Waals surface area contributed by atoms with Gasteiger partial charge >= 0.3 is 0 Å². The number of furan rings is 1.